The topological polar surface area (TPSA) is 90.0 Å². The van der Waals surface area contributed by atoms with Gasteiger partial charge >= 0.3 is 0 Å². The Labute approximate surface area is 121 Å². The van der Waals surface area contributed by atoms with Crippen LogP contribution in [-0.2, 0) is 16.6 Å². The van der Waals surface area contributed by atoms with Gasteiger partial charge in [0.1, 0.15) is 4.90 Å². The van der Waals surface area contributed by atoms with Crippen molar-refractivity contribution < 1.29 is 8.42 Å². The molecule has 0 saturated heterocycles. The number of aryl methyl sites for hydroxylation is 2. The standard InChI is InChI=1S/C13H26N4O2S/c1-9(2)10(3)16-20(18,19)13-11(4)15-17(12(13)5)8-6-7-14/h9-10,16H,6-8,14H2,1-5H3. The van der Waals surface area contributed by atoms with Gasteiger partial charge in [-0.2, -0.15) is 5.10 Å². The third-order valence-corrected chi connectivity index (χ3v) is 5.31. The molecule has 6 nitrogen and oxygen atoms in total. The quantitative estimate of drug-likeness (QED) is 0.791. The summed E-state index contributed by atoms with van der Waals surface area (Å²) in [6.45, 7) is 10.5. The van der Waals surface area contributed by atoms with Crippen molar-refractivity contribution in [2.75, 3.05) is 6.54 Å². The van der Waals surface area contributed by atoms with Crippen LogP contribution in [0.5, 0.6) is 0 Å². The molecule has 1 rings (SSSR count). The highest BCUT2D eigenvalue weighted by atomic mass is 32.2. The molecule has 116 valence electrons. The summed E-state index contributed by atoms with van der Waals surface area (Å²) in [6.07, 6.45) is 0.775. The Balaban J connectivity index is 3.09. The van der Waals surface area contributed by atoms with Gasteiger partial charge in [0.15, 0.2) is 0 Å². The molecule has 0 amide bonds. The van der Waals surface area contributed by atoms with Crippen molar-refractivity contribution >= 4 is 10.0 Å². The van der Waals surface area contributed by atoms with E-state index in [2.05, 4.69) is 9.82 Å². The number of nitrogens with two attached hydrogens (primary N) is 1. The van der Waals surface area contributed by atoms with Crippen molar-refractivity contribution in [1.82, 2.24) is 14.5 Å². The molecule has 1 aromatic heterocycles. The van der Waals surface area contributed by atoms with Gasteiger partial charge in [0, 0.05) is 12.6 Å². The van der Waals surface area contributed by atoms with Gasteiger partial charge in [-0.3, -0.25) is 4.68 Å². The largest absolute Gasteiger partial charge is 0.330 e. The van der Waals surface area contributed by atoms with Crippen molar-refractivity contribution in [3.63, 3.8) is 0 Å². The first kappa shape index (κ1) is 17.1. The van der Waals surface area contributed by atoms with Crippen LogP contribution < -0.4 is 10.5 Å². The lowest BCUT2D eigenvalue weighted by molar-refractivity contribution is 0.476. The SMILES string of the molecule is Cc1nn(CCCN)c(C)c1S(=O)(=O)NC(C)C(C)C. The minimum atomic E-state index is -3.53. The Bertz CT molecular complexity index is 549. The molecule has 0 bridgehead atoms. The lowest BCUT2D eigenvalue weighted by Crippen LogP contribution is -2.36. The second-order valence-electron chi connectivity index (χ2n) is 5.52. The van der Waals surface area contributed by atoms with E-state index in [-0.39, 0.29) is 12.0 Å². The molecule has 0 aliphatic heterocycles. The van der Waals surface area contributed by atoms with E-state index in [1.54, 1.807) is 18.5 Å². The molecule has 1 heterocycles. The first-order chi connectivity index (χ1) is 9.20. The number of aromatic nitrogens is 2. The van der Waals surface area contributed by atoms with Gasteiger partial charge in [0.25, 0.3) is 0 Å². The van der Waals surface area contributed by atoms with Gasteiger partial charge in [-0.15, -0.1) is 0 Å². The average molecular weight is 302 g/mol. The molecule has 0 fully saturated rings. The minimum Gasteiger partial charge on any atom is -0.330 e. The fourth-order valence-corrected chi connectivity index (χ4v) is 3.77. The number of hydrogen-bond donors (Lipinski definition) is 2. The zero-order valence-corrected chi connectivity index (χ0v) is 13.8. The van der Waals surface area contributed by atoms with Crippen LogP contribution in [0.25, 0.3) is 0 Å². The number of nitrogens with one attached hydrogen (secondary N) is 1. The van der Waals surface area contributed by atoms with E-state index in [0.29, 0.717) is 29.4 Å². The zero-order chi connectivity index (χ0) is 15.5. The van der Waals surface area contributed by atoms with Crippen molar-refractivity contribution in [2.24, 2.45) is 11.7 Å². The maximum Gasteiger partial charge on any atom is 0.244 e. The highest BCUT2D eigenvalue weighted by Crippen LogP contribution is 2.20. The molecule has 0 aromatic carbocycles. The van der Waals surface area contributed by atoms with Crippen molar-refractivity contribution in [1.29, 1.82) is 0 Å². The smallest absolute Gasteiger partial charge is 0.244 e. The van der Waals surface area contributed by atoms with Crippen LogP contribution in [0.15, 0.2) is 4.90 Å². The molecule has 7 heteroatoms. The molecule has 0 aliphatic carbocycles. The van der Waals surface area contributed by atoms with Crippen molar-refractivity contribution in [3.05, 3.63) is 11.4 Å². The summed E-state index contributed by atoms with van der Waals surface area (Å²) in [4.78, 5) is 0.294. The van der Waals surface area contributed by atoms with Crippen LogP contribution >= 0.6 is 0 Å². The van der Waals surface area contributed by atoms with Gasteiger partial charge in [-0.1, -0.05) is 13.8 Å². The summed E-state index contributed by atoms with van der Waals surface area (Å²) in [5.41, 5.74) is 6.68. The second-order valence-corrected chi connectivity index (χ2v) is 7.17. The predicted molar refractivity (Wildman–Crippen MR) is 80.0 cm³/mol. The van der Waals surface area contributed by atoms with E-state index in [1.165, 1.54) is 0 Å². The first-order valence-electron chi connectivity index (χ1n) is 6.97. The minimum absolute atomic E-state index is 0.119. The van der Waals surface area contributed by atoms with Crippen LogP contribution in [0, 0.1) is 19.8 Å². The van der Waals surface area contributed by atoms with Crippen LogP contribution in [-0.4, -0.2) is 30.8 Å². The molecule has 20 heavy (non-hydrogen) atoms. The third kappa shape index (κ3) is 3.80. The van der Waals surface area contributed by atoms with Crippen LogP contribution in [0.4, 0.5) is 0 Å². The Morgan fingerprint density at radius 1 is 1.30 bits per heavy atom. The van der Waals surface area contributed by atoms with E-state index >= 15 is 0 Å². The average Bonchev–Trinajstić information content (AvgIpc) is 2.61. The molecule has 3 N–H and O–H groups in total. The second kappa shape index (κ2) is 6.69. The summed E-state index contributed by atoms with van der Waals surface area (Å²) in [6, 6.07) is -0.119. The molecule has 1 unspecified atom stereocenters. The lowest BCUT2D eigenvalue weighted by atomic mass is 10.1. The fourth-order valence-electron chi connectivity index (χ4n) is 1.97. The maximum atomic E-state index is 12.5. The molecular formula is C13H26N4O2S. The molecule has 1 aromatic rings. The van der Waals surface area contributed by atoms with Gasteiger partial charge in [-0.05, 0) is 39.7 Å². The number of nitrogens with zero attached hydrogens (tertiary/aromatic N) is 2. The Hall–Kier alpha value is -0.920. The van der Waals surface area contributed by atoms with Gasteiger partial charge in [0.05, 0.1) is 11.4 Å². The lowest BCUT2D eigenvalue weighted by Gasteiger charge is -2.17. The highest BCUT2D eigenvalue weighted by Gasteiger charge is 2.26. The first-order valence-corrected chi connectivity index (χ1v) is 8.45. The summed E-state index contributed by atoms with van der Waals surface area (Å²) in [7, 11) is -3.53. The molecular weight excluding hydrogens is 276 g/mol. The highest BCUT2D eigenvalue weighted by molar-refractivity contribution is 7.89. The summed E-state index contributed by atoms with van der Waals surface area (Å²) >= 11 is 0. The van der Waals surface area contributed by atoms with Crippen LogP contribution in [0.2, 0.25) is 0 Å². The summed E-state index contributed by atoms with van der Waals surface area (Å²) in [5.74, 6) is 0.234. The van der Waals surface area contributed by atoms with Gasteiger partial charge < -0.3 is 5.73 Å². The molecule has 1 atom stereocenters. The third-order valence-electron chi connectivity index (χ3n) is 3.50. The normalized spacial score (nSPS) is 13.9. The van der Waals surface area contributed by atoms with Gasteiger partial charge in [-0.25, -0.2) is 13.1 Å². The Morgan fingerprint density at radius 3 is 2.40 bits per heavy atom. The maximum absolute atomic E-state index is 12.5. The van der Waals surface area contributed by atoms with E-state index in [0.717, 1.165) is 6.42 Å². The molecule has 0 spiro atoms. The summed E-state index contributed by atoms with van der Waals surface area (Å²) in [5, 5.41) is 4.31. The fraction of sp³-hybridized carbons (Fsp3) is 0.769. The number of sulfonamides is 1. The number of rotatable bonds is 7. The zero-order valence-electron chi connectivity index (χ0n) is 13.0. The van der Waals surface area contributed by atoms with Crippen molar-refractivity contribution in [3.8, 4) is 0 Å². The number of hydrogen-bond acceptors (Lipinski definition) is 4. The van der Waals surface area contributed by atoms with Crippen LogP contribution in [0.1, 0.15) is 38.6 Å². The predicted octanol–water partition coefficient (Wildman–Crippen LogP) is 1.17. The molecule has 0 aliphatic rings. The van der Waals surface area contributed by atoms with E-state index in [9.17, 15) is 8.42 Å². The summed E-state index contributed by atoms with van der Waals surface area (Å²) < 4.78 is 29.4. The Kier molecular flexibility index (Phi) is 5.73. The van der Waals surface area contributed by atoms with E-state index < -0.39 is 10.0 Å². The van der Waals surface area contributed by atoms with E-state index in [4.69, 9.17) is 5.73 Å². The van der Waals surface area contributed by atoms with E-state index in [1.807, 2.05) is 20.8 Å². The van der Waals surface area contributed by atoms with Gasteiger partial charge in [0.2, 0.25) is 10.0 Å². The van der Waals surface area contributed by atoms with Crippen molar-refractivity contribution in [2.45, 2.75) is 58.5 Å². The van der Waals surface area contributed by atoms with Crippen LogP contribution in [0.3, 0.4) is 0 Å². The molecule has 0 radical (unpaired) electrons. The Morgan fingerprint density at radius 2 is 1.90 bits per heavy atom. The molecule has 0 saturated carbocycles. The monoisotopic (exact) mass is 302 g/mol.